The van der Waals surface area contributed by atoms with Crippen molar-refractivity contribution in [2.24, 2.45) is 0 Å². The van der Waals surface area contributed by atoms with Crippen molar-refractivity contribution < 1.29 is 28.9 Å². The molecule has 0 radical (unpaired) electrons. The number of anilines is 1. The smallest absolute Gasteiger partial charge is 0.330 e. The Kier molecular flexibility index (Phi) is 10.4. The van der Waals surface area contributed by atoms with Crippen LogP contribution in [0.5, 0.6) is 0 Å². The van der Waals surface area contributed by atoms with Crippen LogP contribution in [0.1, 0.15) is 62.9 Å². The molecule has 1 unspecified atom stereocenters. The first kappa shape index (κ1) is 28.5. The molecule has 1 atom stereocenters. The van der Waals surface area contributed by atoms with Crippen LogP contribution in [0.15, 0.2) is 0 Å². The number of hydrogen-bond acceptors (Lipinski definition) is 9. The average molecular weight is 491 g/mol. The van der Waals surface area contributed by atoms with Gasteiger partial charge in [-0.15, -0.1) is 0 Å². The molecule has 2 aliphatic rings. The Balaban J connectivity index is 0.000000784. The summed E-state index contributed by atoms with van der Waals surface area (Å²) in [6, 6.07) is 1.64. The van der Waals surface area contributed by atoms with Crippen molar-refractivity contribution in [2.75, 3.05) is 51.5 Å². The summed E-state index contributed by atoms with van der Waals surface area (Å²) in [6.45, 7) is 12.3. The molecule has 194 valence electrons. The molecule has 10 heteroatoms. The number of pyridine rings is 1. The van der Waals surface area contributed by atoms with Crippen LogP contribution >= 0.6 is 0 Å². The lowest BCUT2D eigenvalue weighted by atomic mass is 9.86. The first-order valence-electron chi connectivity index (χ1n) is 12.0. The Labute approximate surface area is 207 Å². The van der Waals surface area contributed by atoms with Crippen molar-refractivity contribution in [3.63, 3.8) is 0 Å². The number of carbonyl (C=O) groups excluding carboxylic acids is 2. The first-order chi connectivity index (χ1) is 16.6. The fraction of sp³-hybridized carbons (Fsp3) is 0.680. The van der Waals surface area contributed by atoms with Crippen LogP contribution in [0, 0.1) is 11.3 Å². The maximum Gasteiger partial charge on any atom is 0.330 e. The van der Waals surface area contributed by atoms with Gasteiger partial charge in [0, 0.05) is 32.2 Å². The zero-order valence-corrected chi connectivity index (χ0v) is 21.7. The highest BCUT2D eigenvalue weighted by molar-refractivity contribution is 5.80. The third-order valence-corrected chi connectivity index (χ3v) is 6.00. The van der Waals surface area contributed by atoms with Gasteiger partial charge in [-0.05, 0) is 32.3 Å². The minimum absolute atomic E-state index is 0.122. The van der Waals surface area contributed by atoms with Gasteiger partial charge >= 0.3 is 5.97 Å². The molecule has 35 heavy (non-hydrogen) atoms. The Bertz CT molecular complexity index is 926. The Morgan fingerprint density at radius 2 is 2.09 bits per heavy atom. The van der Waals surface area contributed by atoms with E-state index in [0.717, 1.165) is 16.8 Å². The predicted molar refractivity (Wildman–Crippen MR) is 130 cm³/mol. The zero-order chi connectivity index (χ0) is 26.2. The van der Waals surface area contributed by atoms with Crippen molar-refractivity contribution in [1.29, 1.82) is 5.26 Å². The van der Waals surface area contributed by atoms with Gasteiger partial charge in [0.05, 0.1) is 49.8 Å². The monoisotopic (exact) mass is 490 g/mol. The van der Waals surface area contributed by atoms with E-state index in [2.05, 4.69) is 24.7 Å². The summed E-state index contributed by atoms with van der Waals surface area (Å²) in [5.41, 5.74) is 3.06. The van der Waals surface area contributed by atoms with Gasteiger partial charge in [-0.25, -0.2) is 9.78 Å². The third-order valence-electron chi connectivity index (χ3n) is 6.00. The number of fused-ring (bicyclic) bond motifs is 1. The quantitative estimate of drug-likeness (QED) is 0.449. The second kappa shape index (κ2) is 12.8. The lowest BCUT2D eigenvalue weighted by Crippen LogP contribution is -2.56. The number of carbonyl (C=O) groups is 2. The standard InChI is InChI=1S/C22H30N4O4.C3H8O2/c1-6-29-21(28)18-11-25(7-8-26(18)13-27)20-16(10-23)15-9-22(4,5)30-12-17(15)19(24-20)14(2)3;1-5-3-2-4/h13-14,18H,6-9,11-12H2,1-5H3;4H,2-3H2,1H3. The van der Waals surface area contributed by atoms with Crippen LogP contribution in [0.3, 0.4) is 0 Å². The van der Waals surface area contributed by atoms with E-state index in [9.17, 15) is 14.9 Å². The molecule has 1 fully saturated rings. The minimum atomic E-state index is -0.720. The SMILES string of the molecule is CCOC(=O)C1CN(c2nc(C(C)C)c3c(c2C#N)CC(C)(C)OC3)CCN1C=O.COCCO. The maximum atomic E-state index is 12.4. The molecular weight excluding hydrogens is 452 g/mol. The fourth-order valence-electron chi connectivity index (χ4n) is 4.26. The fourth-order valence-corrected chi connectivity index (χ4v) is 4.26. The summed E-state index contributed by atoms with van der Waals surface area (Å²) < 4.78 is 15.6. The highest BCUT2D eigenvalue weighted by Crippen LogP contribution is 2.37. The Morgan fingerprint density at radius 1 is 1.37 bits per heavy atom. The third kappa shape index (κ3) is 6.90. The highest BCUT2D eigenvalue weighted by atomic mass is 16.5. The van der Waals surface area contributed by atoms with Gasteiger partial charge in [0.25, 0.3) is 0 Å². The number of aliphatic hydroxyl groups is 1. The second-order valence-electron chi connectivity index (χ2n) is 9.42. The molecule has 3 heterocycles. The number of aromatic nitrogens is 1. The topological polar surface area (TPSA) is 125 Å². The van der Waals surface area contributed by atoms with E-state index in [-0.39, 0.29) is 31.3 Å². The van der Waals surface area contributed by atoms with Gasteiger partial charge in [-0.2, -0.15) is 5.26 Å². The summed E-state index contributed by atoms with van der Waals surface area (Å²) >= 11 is 0. The number of nitrogens with zero attached hydrogens (tertiary/aromatic N) is 4. The number of aliphatic hydroxyl groups excluding tert-OH is 1. The van der Waals surface area contributed by atoms with Crippen molar-refractivity contribution >= 4 is 18.2 Å². The highest BCUT2D eigenvalue weighted by Gasteiger charge is 2.37. The first-order valence-corrected chi connectivity index (χ1v) is 12.0. The van der Waals surface area contributed by atoms with E-state index in [1.54, 1.807) is 14.0 Å². The number of ether oxygens (including phenoxy) is 3. The van der Waals surface area contributed by atoms with Crippen LogP contribution < -0.4 is 4.90 Å². The summed E-state index contributed by atoms with van der Waals surface area (Å²) in [7, 11) is 1.55. The molecule has 10 nitrogen and oxygen atoms in total. The molecule has 0 spiro atoms. The number of esters is 1. The van der Waals surface area contributed by atoms with E-state index in [0.29, 0.717) is 50.5 Å². The van der Waals surface area contributed by atoms with E-state index < -0.39 is 12.0 Å². The number of methoxy groups -OCH3 is 1. The Hall–Kier alpha value is -2.74. The number of hydrogen-bond donors (Lipinski definition) is 1. The summed E-state index contributed by atoms with van der Waals surface area (Å²) in [5.74, 6) is 0.300. The normalized spacial score (nSPS) is 18.8. The molecule has 1 saturated heterocycles. The Morgan fingerprint density at radius 3 is 2.60 bits per heavy atom. The molecule has 1 aromatic rings. The van der Waals surface area contributed by atoms with Crippen LogP contribution in [0.2, 0.25) is 0 Å². The second-order valence-corrected chi connectivity index (χ2v) is 9.42. The number of piperazine rings is 1. The molecule has 0 aliphatic carbocycles. The van der Waals surface area contributed by atoms with E-state index in [4.69, 9.17) is 19.6 Å². The van der Waals surface area contributed by atoms with Crippen LogP contribution in [0.4, 0.5) is 5.82 Å². The van der Waals surface area contributed by atoms with Crippen LogP contribution in [-0.4, -0.2) is 85.6 Å². The lowest BCUT2D eigenvalue weighted by molar-refractivity contribution is -0.152. The molecule has 3 rings (SSSR count). The molecule has 1 aromatic heterocycles. The molecule has 1 amide bonds. The summed E-state index contributed by atoms with van der Waals surface area (Å²) in [5, 5.41) is 18.0. The van der Waals surface area contributed by atoms with E-state index in [1.165, 1.54) is 4.90 Å². The van der Waals surface area contributed by atoms with Gasteiger partial charge in [-0.1, -0.05) is 13.8 Å². The van der Waals surface area contributed by atoms with E-state index in [1.807, 2.05) is 18.7 Å². The van der Waals surface area contributed by atoms with Gasteiger partial charge in [0.2, 0.25) is 6.41 Å². The molecule has 2 aliphatic heterocycles. The van der Waals surface area contributed by atoms with Gasteiger partial charge < -0.3 is 29.1 Å². The molecule has 1 N–H and O–H groups in total. The maximum absolute atomic E-state index is 12.4. The predicted octanol–water partition coefficient (Wildman–Crippen LogP) is 1.76. The molecular formula is C25H38N4O6. The van der Waals surface area contributed by atoms with Crippen molar-refractivity contribution in [2.45, 2.75) is 65.2 Å². The van der Waals surface area contributed by atoms with Crippen LogP contribution in [-0.2, 0) is 36.8 Å². The van der Waals surface area contributed by atoms with Crippen molar-refractivity contribution in [3.8, 4) is 6.07 Å². The molecule has 0 aromatic carbocycles. The van der Waals surface area contributed by atoms with Gasteiger partial charge in [0.15, 0.2) is 0 Å². The minimum Gasteiger partial charge on any atom is -0.464 e. The van der Waals surface area contributed by atoms with Crippen molar-refractivity contribution in [3.05, 3.63) is 22.4 Å². The van der Waals surface area contributed by atoms with Gasteiger partial charge in [-0.3, -0.25) is 4.79 Å². The van der Waals surface area contributed by atoms with E-state index >= 15 is 0 Å². The summed E-state index contributed by atoms with van der Waals surface area (Å²) in [6.07, 6.45) is 1.31. The van der Waals surface area contributed by atoms with Crippen LogP contribution in [0.25, 0.3) is 0 Å². The number of amides is 1. The summed E-state index contributed by atoms with van der Waals surface area (Å²) in [4.78, 5) is 32.2. The number of nitriles is 1. The molecule has 0 saturated carbocycles. The largest absolute Gasteiger partial charge is 0.464 e. The van der Waals surface area contributed by atoms with Crippen molar-refractivity contribution in [1.82, 2.24) is 9.88 Å². The number of rotatable bonds is 7. The average Bonchev–Trinajstić information content (AvgIpc) is 2.82. The lowest BCUT2D eigenvalue weighted by Gasteiger charge is -2.40. The van der Waals surface area contributed by atoms with Gasteiger partial charge in [0.1, 0.15) is 17.9 Å². The molecule has 0 bridgehead atoms. The zero-order valence-electron chi connectivity index (χ0n) is 21.7.